The van der Waals surface area contributed by atoms with E-state index >= 15 is 0 Å². The number of carbonyl (C=O) groups excluding carboxylic acids is 2. The molecule has 0 unspecified atom stereocenters. The lowest BCUT2D eigenvalue weighted by Crippen LogP contribution is -2.20. The van der Waals surface area contributed by atoms with Gasteiger partial charge < -0.3 is 0 Å². The van der Waals surface area contributed by atoms with Crippen LogP contribution in [0, 0.1) is 0 Å². The Morgan fingerprint density at radius 2 is 1.92 bits per heavy atom. The van der Waals surface area contributed by atoms with Gasteiger partial charge in [0, 0.05) is 4.90 Å². The SMILES string of the molecule is O=C1NC(=O)c2c(S)cccc21. The number of fused-ring (bicyclic) bond motifs is 1. The van der Waals surface area contributed by atoms with E-state index in [9.17, 15) is 9.59 Å². The summed E-state index contributed by atoms with van der Waals surface area (Å²) in [6.45, 7) is 0. The summed E-state index contributed by atoms with van der Waals surface area (Å²) < 4.78 is 0. The largest absolute Gasteiger partial charge is 0.288 e. The van der Waals surface area contributed by atoms with E-state index in [0.29, 0.717) is 16.0 Å². The highest BCUT2D eigenvalue weighted by Crippen LogP contribution is 2.22. The van der Waals surface area contributed by atoms with Gasteiger partial charge in [-0.15, -0.1) is 12.6 Å². The van der Waals surface area contributed by atoms with Crippen LogP contribution >= 0.6 is 12.6 Å². The normalized spacial score (nSPS) is 14.4. The number of hydrogen-bond acceptors (Lipinski definition) is 3. The fraction of sp³-hybridized carbons (Fsp3) is 0. The second-order valence-electron chi connectivity index (χ2n) is 2.48. The highest BCUT2D eigenvalue weighted by atomic mass is 32.1. The molecule has 0 aliphatic carbocycles. The Kier molecular flexibility index (Phi) is 1.44. The second-order valence-corrected chi connectivity index (χ2v) is 2.96. The van der Waals surface area contributed by atoms with Gasteiger partial charge in [-0.05, 0) is 12.1 Å². The second kappa shape index (κ2) is 2.35. The first-order valence-corrected chi connectivity index (χ1v) is 3.82. The van der Waals surface area contributed by atoms with Gasteiger partial charge >= 0.3 is 0 Å². The molecule has 0 atom stereocenters. The van der Waals surface area contributed by atoms with Crippen LogP contribution < -0.4 is 5.32 Å². The zero-order valence-corrected chi connectivity index (χ0v) is 6.89. The quantitative estimate of drug-likeness (QED) is 0.458. The molecule has 60 valence electrons. The van der Waals surface area contributed by atoms with Crippen LogP contribution in [0.2, 0.25) is 0 Å². The minimum Gasteiger partial charge on any atom is -0.288 e. The molecule has 0 bridgehead atoms. The molecule has 2 amide bonds. The zero-order valence-electron chi connectivity index (χ0n) is 6.00. The maximum Gasteiger partial charge on any atom is 0.260 e. The first kappa shape index (κ1) is 7.36. The average Bonchev–Trinajstić information content (AvgIpc) is 2.29. The molecule has 0 radical (unpaired) electrons. The third-order valence-electron chi connectivity index (χ3n) is 1.74. The Hall–Kier alpha value is -1.29. The van der Waals surface area contributed by atoms with E-state index in [2.05, 4.69) is 17.9 Å². The number of nitrogens with one attached hydrogen (secondary N) is 1. The molecule has 0 saturated carbocycles. The molecule has 0 saturated heterocycles. The summed E-state index contributed by atoms with van der Waals surface area (Å²) in [7, 11) is 0. The average molecular weight is 179 g/mol. The van der Waals surface area contributed by atoms with Gasteiger partial charge in [-0.2, -0.15) is 0 Å². The van der Waals surface area contributed by atoms with Crippen molar-refractivity contribution in [3.8, 4) is 0 Å². The molecule has 2 rings (SSSR count). The van der Waals surface area contributed by atoms with Crippen molar-refractivity contribution in [1.29, 1.82) is 0 Å². The number of imide groups is 1. The Labute approximate surface area is 74.2 Å². The van der Waals surface area contributed by atoms with Crippen molar-refractivity contribution < 1.29 is 9.59 Å². The van der Waals surface area contributed by atoms with Crippen molar-refractivity contribution in [2.75, 3.05) is 0 Å². The van der Waals surface area contributed by atoms with E-state index in [0.717, 1.165) is 0 Å². The summed E-state index contributed by atoms with van der Waals surface area (Å²) in [5.74, 6) is -0.702. The van der Waals surface area contributed by atoms with E-state index in [1.54, 1.807) is 18.2 Å². The molecule has 1 aliphatic rings. The van der Waals surface area contributed by atoms with Crippen LogP contribution in [-0.4, -0.2) is 11.8 Å². The highest BCUT2D eigenvalue weighted by Gasteiger charge is 2.27. The van der Waals surface area contributed by atoms with Crippen molar-refractivity contribution in [3.05, 3.63) is 29.3 Å². The molecule has 4 heteroatoms. The van der Waals surface area contributed by atoms with Gasteiger partial charge in [0.1, 0.15) is 0 Å². The van der Waals surface area contributed by atoms with Crippen LogP contribution in [0.25, 0.3) is 0 Å². The lowest BCUT2D eigenvalue weighted by molar-refractivity contribution is 0.0879. The summed E-state index contributed by atoms with van der Waals surface area (Å²) in [6.07, 6.45) is 0. The first-order chi connectivity index (χ1) is 5.70. The van der Waals surface area contributed by atoms with Crippen LogP contribution in [0.4, 0.5) is 0 Å². The number of amides is 2. The minimum absolute atomic E-state index is 0.342. The molecule has 1 aromatic carbocycles. The fourth-order valence-electron chi connectivity index (χ4n) is 1.20. The van der Waals surface area contributed by atoms with E-state index in [1.807, 2.05) is 0 Å². The van der Waals surface area contributed by atoms with Crippen LogP contribution in [0.1, 0.15) is 20.7 Å². The number of carbonyl (C=O) groups is 2. The minimum atomic E-state index is -0.361. The Morgan fingerprint density at radius 3 is 2.58 bits per heavy atom. The zero-order chi connectivity index (χ0) is 8.72. The van der Waals surface area contributed by atoms with Crippen LogP contribution in [0.5, 0.6) is 0 Å². The highest BCUT2D eigenvalue weighted by molar-refractivity contribution is 7.80. The van der Waals surface area contributed by atoms with Crippen molar-refractivity contribution in [3.63, 3.8) is 0 Å². The molecule has 12 heavy (non-hydrogen) atoms. The van der Waals surface area contributed by atoms with Gasteiger partial charge in [-0.3, -0.25) is 14.9 Å². The van der Waals surface area contributed by atoms with E-state index in [-0.39, 0.29) is 11.8 Å². The number of benzene rings is 1. The topological polar surface area (TPSA) is 46.2 Å². The smallest absolute Gasteiger partial charge is 0.260 e. The molecule has 1 aromatic rings. The third-order valence-corrected chi connectivity index (χ3v) is 2.11. The van der Waals surface area contributed by atoms with Gasteiger partial charge in [0.05, 0.1) is 11.1 Å². The lowest BCUT2D eigenvalue weighted by Gasteiger charge is -1.95. The summed E-state index contributed by atoms with van der Waals surface area (Å²) in [5.41, 5.74) is 0.790. The molecule has 0 aromatic heterocycles. The monoisotopic (exact) mass is 179 g/mol. The van der Waals surface area contributed by atoms with Crippen molar-refractivity contribution >= 4 is 24.4 Å². The van der Waals surface area contributed by atoms with Gasteiger partial charge in [-0.1, -0.05) is 6.07 Å². The molecule has 1 N–H and O–H groups in total. The van der Waals surface area contributed by atoms with Crippen molar-refractivity contribution in [2.45, 2.75) is 4.90 Å². The Morgan fingerprint density at radius 1 is 1.17 bits per heavy atom. The molecular formula is C8H5NO2S. The number of thiol groups is 1. The molecule has 3 nitrogen and oxygen atoms in total. The van der Waals surface area contributed by atoms with Gasteiger partial charge in [-0.25, -0.2) is 0 Å². The third kappa shape index (κ3) is 0.848. The molecule has 1 heterocycles. The number of hydrogen-bond donors (Lipinski definition) is 2. The molecule has 1 aliphatic heterocycles. The molecular weight excluding hydrogens is 174 g/mol. The number of rotatable bonds is 0. The van der Waals surface area contributed by atoms with E-state index in [4.69, 9.17) is 0 Å². The van der Waals surface area contributed by atoms with Gasteiger partial charge in [0.25, 0.3) is 11.8 Å². The van der Waals surface area contributed by atoms with Crippen LogP contribution in [0.3, 0.4) is 0 Å². The standard InChI is InChI=1S/C8H5NO2S/c10-7-4-2-1-3-5(12)6(4)8(11)9-7/h1-3,12H,(H,9,10,11). The fourth-order valence-corrected chi connectivity index (χ4v) is 1.51. The molecule has 0 spiro atoms. The van der Waals surface area contributed by atoms with Crippen LogP contribution in [0.15, 0.2) is 23.1 Å². The van der Waals surface area contributed by atoms with Gasteiger partial charge in [0.2, 0.25) is 0 Å². The predicted molar refractivity (Wildman–Crippen MR) is 45.5 cm³/mol. The summed E-state index contributed by atoms with van der Waals surface area (Å²) >= 11 is 4.07. The lowest BCUT2D eigenvalue weighted by atomic mass is 10.1. The van der Waals surface area contributed by atoms with Crippen molar-refractivity contribution in [1.82, 2.24) is 5.32 Å². The predicted octanol–water partition coefficient (Wildman–Crippen LogP) is 0.859. The van der Waals surface area contributed by atoms with Crippen LogP contribution in [-0.2, 0) is 0 Å². The Balaban J connectivity index is 2.75. The first-order valence-electron chi connectivity index (χ1n) is 3.38. The summed E-state index contributed by atoms with van der Waals surface area (Å²) in [6, 6.07) is 4.98. The van der Waals surface area contributed by atoms with Crippen molar-refractivity contribution in [2.24, 2.45) is 0 Å². The Bertz CT molecular complexity index is 387. The van der Waals surface area contributed by atoms with E-state index < -0.39 is 0 Å². The van der Waals surface area contributed by atoms with Gasteiger partial charge in [0.15, 0.2) is 0 Å². The summed E-state index contributed by atoms with van der Waals surface area (Å²) in [4.78, 5) is 22.7. The molecule has 0 fully saturated rings. The maximum absolute atomic E-state index is 11.1. The summed E-state index contributed by atoms with van der Waals surface area (Å²) in [5, 5.41) is 2.20. The maximum atomic E-state index is 11.1. The van der Waals surface area contributed by atoms with E-state index in [1.165, 1.54) is 0 Å².